The van der Waals surface area contributed by atoms with E-state index in [0.29, 0.717) is 35.8 Å². The van der Waals surface area contributed by atoms with Gasteiger partial charge in [0, 0.05) is 4.47 Å². The zero-order valence-electron chi connectivity index (χ0n) is 14.4. The maximum Gasteiger partial charge on any atom is 0.488 e. The molecule has 2 N–H and O–H groups in total. The van der Waals surface area contributed by atoms with Crippen LogP contribution in [0.2, 0.25) is 0 Å². The minimum atomic E-state index is -1.56. The van der Waals surface area contributed by atoms with Gasteiger partial charge < -0.3 is 19.5 Å². The van der Waals surface area contributed by atoms with Crippen molar-refractivity contribution >= 4 is 28.5 Å². The van der Waals surface area contributed by atoms with Gasteiger partial charge in [0.1, 0.15) is 23.6 Å². The smallest absolute Gasteiger partial charge is 0.488 e. The molecular formula is C18H18BBrN2O4. The number of hydrogen-bond acceptors (Lipinski definition) is 6. The Morgan fingerprint density at radius 2 is 1.42 bits per heavy atom. The van der Waals surface area contributed by atoms with Crippen molar-refractivity contribution < 1.29 is 19.5 Å². The highest BCUT2D eigenvalue weighted by atomic mass is 79.9. The van der Waals surface area contributed by atoms with Gasteiger partial charge in [0.2, 0.25) is 0 Å². The van der Waals surface area contributed by atoms with Crippen LogP contribution in [0.1, 0.15) is 25.0 Å². The topological polar surface area (TPSA) is 106 Å². The molecule has 8 heteroatoms. The van der Waals surface area contributed by atoms with E-state index in [2.05, 4.69) is 22.0 Å². The Labute approximate surface area is 161 Å². The summed E-state index contributed by atoms with van der Waals surface area (Å²) in [5.41, 5.74) is 1.15. The summed E-state index contributed by atoms with van der Waals surface area (Å²) in [4.78, 5) is 0. The van der Waals surface area contributed by atoms with Crippen LogP contribution in [0.15, 0.2) is 40.9 Å². The number of ether oxygens (including phenoxy) is 2. The summed E-state index contributed by atoms with van der Waals surface area (Å²) in [6.45, 7) is 4.76. The fourth-order valence-electron chi connectivity index (χ4n) is 1.95. The van der Waals surface area contributed by atoms with Crippen molar-refractivity contribution in [2.24, 2.45) is 0 Å². The molecule has 2 rings (SSSR count). The number of halogens is 1. The fourth-order valence-corrected chi connectivity index (χ4v) is 2.31. The Kier molecular flexibility index (Phi) is 9.25. The van der Waals surface area contributed by atoms with E-state index < -0.39 is 7.12 Å². The predicted molar refractivity (Wildman–Crippen MR) is 102 cm³/mol. The monoisotopic (exact) mass is 416 g/mol. The summed E-state index contributed by atoms with van der Waals surface area (Å²) in [5, 5.41) is 35.2. The summed E-state index contributed by atoms with van der Waals surface area (Å²) in [6, 6.07) is 13.8. The lowest BCUT2D eigenvalue weighted by Gasteiger charge is -2.06. The molecule has 0 atom stereocenters. The molecule has 0 radical (unpaired) electrons. The van der Waals surface area contributed by atoms with Gasteiger partial charge in [-0.05, 0) is 49.6 Å². The number of rotatable bonds is 5. The molecule has 2 aromatic carbocycles. The molecule has 0 saturated heterocycles. The lowest BCUT2D eigenvalue weighted by molar-refractivity contribution is 0.339. The summed E-state index contributed by atoms with van der Waals surface area (Å²) in [7, 11) is -1.56. The van der Waals surface area contributed by atoms with Crippen molar-refractivity contribution in [1.29, 1.82) is 10.5 Å². The predicted octanol–water partition coefficient (Wildman–Crippen LogP) is 2.36. The Morgan fingerprint density at radius 3 is 1.88 bits per heavy atom. The fraction of sp³-hybridized carbons (Fsp3) is 0.222. The highest BCUT2D eigenvalue weighted by Crippen LogP contribution is 2.22. The summed E-state index contributed by atoms with van der Waals surface area (Å²) in [6.07, 6.45) is 0. The molecule has 0 fully saturated rings. The quantitative estimate of drug-likeness (QED) is 0.724. The van der Waals surface area contributed by atoms with Crippen LogP contribution in [0.25, 0.3) is 0 Å². The molecule has 0 aliphatic carbocycles. The number of benzene rings is 2. The molecule has 0 saturated carbocycles. The molecule has 0 aromatic heterocycles. The number of nitrogens with zero attached hydrogens (tertiary/aromatic N) is 2. The van der Waals surface area contributed by atoms with E-state index in [1.807, 2.05) is 26.0 Å². The molecule has 0 bridgehead atoms. The second-order valence-corrected chi connectivity index (χ2v) is 5.78. The molecule has 6 nitrogen and oxygen atoms in total. The molecule has 0 aliphatic rings. The van der Waals surface area contributed by atoms with Gasteiger partial charge >= 0.3 is 7.12 Å². The largest absolute Gasteiger partial charge is 0.492 e. The first-order valence-electron chi connectivity index (χ1n) is 7.82. The van der Waals surface area contributed by atoms with E-state index >= 15 is 0 Å². The van der Waals surface area contributed by atoms with Crippen molar-refractivity contribution in [2.45, 2.75) is 13.8 Å². The van der Waals surface area contributed by atoms with Crippen LogP contribution < -0.4 is 14.9 Å². The van der Waals surface area contributed by atoms with Crippen molar-refractivity contribution in [3.05, 3.63) is 52.0 Å². The Hall–Kier alpha value is -2.52. The SMILES string of the molecule is CCOc1ccc(B(O)O)cc1C#N.CCOc1ccc(Br)cc1C#N. The van der Waals surface area contributed by atoms with Crippen molar-refractivity contribution in [3.63, 3.8) is 0 Å². The van der Waals surface area contributed by atoms with Gasteiger partial charge in [0.15, 0.2) is 0 Å². The van der Waals surface area contributed by atoms with Gasteiger partial charge in [-0.1, -0.05) is 22.0 Å². The second-order valence-electron chi connectivity index (χ2n) is 4.86. The molecular weight excluding hydrogens is 399 g/mol. The van der Waals surface area contributed by atoms with Crippen LogP contribution in [-0.2, 0) is 0 Å². The van der Waals surface area contributed by atoms with Crippen LogP contribution >= 0.6 is 15.9 Å². The summed E-state index contributed by atoms with van der Waals surface area (Å²) < 4.78 is 11.3. The van der Waals surface area contributed by atoms with Gasteiger partial charge in [-0.2, -0.15) is 10.5 Å². The third kappa shape index (κ3) is 6.42. The highest BCUT2D eigenvalue weighted by Gasteiger charge is 2.13. The van der Waals surface area contributed by atoms with Crippen LogP contribution in [0.4, 0.5) is 0 Å². The molecule has 0 unspecified atom stereocenters. The zero-order chi connectivity index (χ0) is 19.5. The highest BCUT2D eigenvalue weighted by molar-refractivity contribution is 9.10. The molecule has 134 valence electrons. The first-order chi connectivity index (χ1) is 12.5. The minimum Gasteiger partial charge on any atom is -0.492 e. The lowest BCUT2D eigenvalue weighted by atomic mass is 9.79. The van der Waals surface area contributed by atoms with Gasteiger partial charge in [-0.3, -0.25) is 0 Å². The Morgan fingerprint density at radius 1 is 0.923 bits per heavy atom. The summed E-state index contributed by atoms with van der Waals surface area (Å²) in [5.74, 6) is 1.10. The first-order valence-corrected chi connectivity index (χ1v) is 8.61. The van der Waals surface area contributed by atoms with Gasteiger partial charge in [-0.15, -0.1) is 0 Å². The summed E-state index contributed by atoms with van der Waals surface area (Å²) >= 11 is 3.28. The average molecular weight is 417 g/mol. The molecule has 0 aliphatic heterocycles. The van der Waals surface area contributed by atoms with Gasteiger partial charge in [-0.25, -0.2) is 0 Å². The lowest BCUT2D eigenvalue weighted by Crippen LogP contribution is -2.29. The first kappa shape index (κ1) is 21.5. The van der Waals surface area contributed by atoms with E-state index in [9.17, 15) is 0 Å². The van der Waals surface area contributed by atoms with Crippen LogP contribution in [-0.4, -0.2) is 30.4 Å². The van der Waals surface area contributed by atoms with Crippen LogP contribution in [0.5, 0.6) is 11.5 Å². The number of nitriles is 2. The average Bonchev–Trinajstić information content (AvgIpc) is 2.64. The van der Waals surface area contributed by atoms with E-state index in [1.165, 1.54) is 12.1 Å². The number of hydrogen-bond donors (Lipinski definition) is 2. The van der Waals surface area contributed by atoms with Crippen molar-refractivity contribution in [2.75, 3.05) is 13.2 Å². The van der Waals surface area contributed by atoms with Gasteiger partial charge in [0.25, 0.3) is 0 Å². The van der Waals surface area contributed by atoms with Crippen LogP contribution in [0, 0.1) is 22.7 Å². The molecule has 2 aromatic rings. The second kappa shape index (κ2) is 11.2. The van der Waals surface area contributed by atoms with E-state index in [0.717, 1.165) is 4.47 Å². The maximum atomic E-state index is 8.87. The Bertz CT molecular complexity index is 816. The molecule has 0 spiro atoms. The molecule has 26 heavy (non-hydrogen) atoms. The van der Waals surface area contributed by atoms with Crippen LogP contribution in [0.3, 0.4) is 0 Å². The van der Waals surface area contributed by atoms with E-state index in [-0.39, 0.29) is 5.46 Å². The normalized spacial score (nSPS) is 9.19. The van der Waals surface area contributed by atoms with E-state index in [1.54, 1.807) is 18.2 Å². The minimum absolute atomic E-state index is 0.282. The third-order valence-electron chi connectivity index (χ3n) is 3.08. The zero-order valence-corrected chi connectivity index (χ0v) is 16.0. The Balaban J connectivity index is 0.000000263. The third-order valence-corrected chi connectivity index (χ3v) is 3.58. The van der Waals surface area contributed by atoms with Gasteiger partial charge in [0.05, 0.1) is 24.3 Å². The van der Waals surface area contributed by atoms with Crippen molar-refractivity contribution in [3.8, 4) is 23.6 Å². The van der Waals surface area contributed by atoms with Crippen molar-refractivity contribution in [1.82, 2.24) is 0 Å². The maximum absolute atomic E-state index is 8.87. The standard InChI is InChI=1S/C9H10BNO3.C9H8BrNO/c1-2-14-9-4-3-8(10(12)13)5-7(9)6-11;1-2-12-9-4-3-8(10)5-7(9)6-11/h3-5,12-13H,2H2,1H3;3-5H,2H2,1H3. The van der Waals surface area contributed by atoms with E-state index in [4.69, 9.17) is 30.0 Å². The molecule has 0 amide bonds. The molecule has 0 heterocycles.